The monoisotopic (exact) mass is 445 g/mol. The number of hydrogen-bond acceptors (Lipinski definition) is 6. The van der Waals surface area contributed by atoms with Crippen LogP contribution in [-0.2, 0) is 27.7 Å². The van der Waals surface area contributed by atoms with Crippen LogP contribution in [-0.4, -0.2) is 36.2 Å². The van der Waals surface area contributed by atoms with Gasteiger partial charge in [-0.05, 0) is 50.2 Å². The minimum absolute atomic E-state index is 0.172. The lowest BCUT2D eigenvalue weighted by Crippen LogP contribution is -2.42. The van der Waals surface area contributed by atoms with E-state index in [-0.39, 0.29) is 10.1 Å². The van der Waals surface area contributed by atoms with Gasteiger partial charge in [0.2, 0.25) is 5.91 Å². The number of aromatic nitrogens is 1. The highest BCUT2D eigenvalue weighted by molar-refractivity contribution is 7.91. The SMILES string of the molecule is C[C@H]1CCc2nc(NC(=O)[C@H]3CCCN3S(=O)(=O)c3ccc(Cl)s3)sc2C1. The number of nitrogens with zero attached hydrogens (tertiary/aromatic N) is 2. The predicted octanol–water partition coefficient (Wildman–Crippen LogP) is 3.77. The zero-order chi connectivity index (χ0) is 19.2. The lowest BCUT2D eigenvalue weighted by atomic mass is 9.93. The Morgan fingerprint density at radius 3 is 2.89 bits per heavy atom. The smallest absolute Gasteiger partial charge is 0.253 e. The number of halogens is 1. The summed E-state index contributed by atoms with van der Waals surface area (Å²) in [5.74, 6) is 0.326. The fourth-order valence-corrected chi connectivity index (χ4v) is 8.07. The number of hydrogen-bond donors (Lipinski definition) is 1. The Morgan fingerprint density at radius 1 is 1.33 bits per heavy atom. The Labute approximate surface area is 171 Å². The highest BCUT2D eigenvalue weighted by Gasteiger charge is 2.40. The van der Waals surface area contributed by atoms with Crippen molar-refractivity contribution in [2.45, 2.75) is 49.3 Å². The van der Waals surface area contributed by atoms with Gasteiger partial charge in [-0.25, -0.2) is 13.4 Å². The second-order valence-electron chi connectivity index (χ2n) is 7.06. The van der Waals surface area contributed by atoms with Gasteiger partial charge in [-0.1, -0.05) is 18.5 Å². The maximum absolute atomic E-state index is 12.9. The lowest BCUT2D eigenvalue weighted by Gasteiger charge is -2.22. The summed E-state index contributed by atoms with van der Waals surface area (Å²) in [4.78, 5) is 18.6. The molecule has 0 radical (unpaired) electrons. The number of carbonyl (C=O) groups excluding carboxylic acids is 1. The van der Waals surface area contributed by atoms with Crippen LogP contribution in [0.5, 0.6) is 0 Å². The summed E-state index contributed by atoms with van der Waals surface area (Å²) in [6.07, 6.45) is 4.20. The van der Waals surface area contributed by atoms with Crippen molar-refractivity contribution in [3.63, 3.8) is 0 Å². The first-order valence-electron chi connectivity index (χ1n) is 8.91. The van der Waals surface area contributed by atoms with Crippen LogP contribution in [0, 0.1) is 5.92 Å². The van der Waals surface area contributed by atoms with Crippen molar-refractivity contribution in [1.82, 2.24) is 9.29 Å². The molecule has 4 rings (SSSR count). The maximum Gasteiger partial charge on any atom is 0.253 e. The molecule has 0 aromatic carbocycles. The van der Waals surface area contributed by atoms with Gasteiger partial charge >= 0.3 is 0 Å². The van der Waals surface area contributed by atoms with Crippen molar-refractivity contribution in [1.29, 1.82) is 0 Å². The van der Waals surface area contributed by atoms with Crippen LogP contribution in [0.1, 0.15) is 36.8 Å². The fourth-order valence-electron chi connectivity index (χ4n) is 3.62. The number of carbonyl (C=O) groups is 1. The molecule has 2 aliphatic rings. The number of amides is 1. The molecule has 1 aliphatic carbocycles. The number of thiophene rings is 1. The Hall–Kier alpha value is -1.000. The summed E-state index contributed by atoms with van der Waals surface area (Å²) in [7, 11) is -3.72. The van der Waals surface area contributed by atoms with Gasteiger partial charge < -0.3 is 5.32 Å². The van der Waals surface area contributed by atoms with Gasteiger partial charge in [0.25, 0.3) is 10.0 Å². The average Bonchev–Trinajstić information content (AvgIpc) is 3.32. The van der Waals surface area contributed by atoms with E-state index < -0.39 is 16.1 Å². The molecule has 1 fully saturated rings. The first kappa shape index (κ1) is 19.3. The summed E-state index contributed by atoms with van der Waals surface area (Å²) in [6.45, 7) is 2.56. The van der Waals surface area contributed by atoms with Gasteiger partial charge in [0.15, 0.2) is 5.13 Å². The lowest BCUT2D eigenvalue weighted by molar-refractivity contribution is -0.119. The summed E-state index contributed by atoms with van der Waals surface area (Å²) in [5, 5.41) is 3.43. The number of fused-ring (bicyclic) bond motifs is 1. The second-order valence-corrected chi connectivity index (χ2v) is 12.0. The van der Waals surface area contributed by atoms with Gasteiger partial charge in [-0.3, -0.25) is 4.79 Å². The number of anilines is 1. The van der Waals surface area contributed by atoms with Crippen molar-refractivity contribution in [3.8, 4) is 0 Å². The molecule has 1 saturated heterocycles. The van der Waals surface area contributed by atoms with Crippen molar-refractivity contribution < 1.29 is 13.2 Å². The minimum atomic E-state index is -3.72. The van der Waals surface area contributed by atoms with E-state index in [1.165, 1.54) is 26.6 Å². The summed E-state index contributed by atoms with van der Waals surface area (Å²) >= 11 is 8.41. The molecule has 10 heteroatoms. The molecule has 0 unspecified atom stereocenters. The minimum Gasteiger partial charge on any atom is -0.301 e. The third kappa shape index (κ3) is 3.80. The molecule has 2 atom stereocenters. The van der Waals surface area contributed by atoms with Gasteiger partial charge in [0.1, 0.15) is 10.3 Å². The molecule has 1 amide bonds. The third-order valence-corrected chi connectivity index (χ3v) is 9.68. The maximum atomic E-state index is 12.9. The van der Waals surface area contributed by atoms with E-state index in [1.54, 1.807) is 6.07 Å². The van der Waals surface area contributed by atoms with Gasteiger partial charge in [-0.2, -0.15) is 4.31 Å². The normalized spacial score (nSPS) is 23.3. The second kappa shape index (κ2) is 7.44. The Kier molecular flexibility index (Phi) is 5.32. The van der Waals surface area contributed by atoms with Crippen molar-refractivity contribution in [2.24, 2.45) is 5.92 Å². The number of nitrogens with one attached hydrogen (secondary N) is 1. The Balaban J connectivity index is 1.51. The summed E-state index contributed by atoms with van der Waals surface area (Å²) in [6, 6.07) is 2.34. The van der Waals surface area contributed by atoms with Crippen LogP contribution in [0.25, 0.3) is 0 Å². The first-order valence-corrected chi connectivity index (χ1v) is 12.4. The van der Waals surface area contributed by atoms with E-state index in [1.807, 2.05) is 0 Å². The average molecular weight is 446 g/mol. The topological polar surface area (TPSA) is 79.4 Å². The van der Waals surface area contributed by atoms with Gasteiger partial charge in [0.05, 0.1) is 10.0 Å². The van der Waals surface area contributed by atoms with Crippen LogP contribution < -0.4 is 5.32 Å². The zero-order valence-corrected chi connectivity index (χ0v) is 18.0. The molecule has 1 aliphatic heterocycles. The van der Waals surface area contributed by atoms with Gasteiger partial charge in [0, 0.05) is 11.4 Å². The van der Waals surface area contributed by atoms with E-state index in [0.717, 1.165) is 36.3 Å². The van der Waals surface area contributed by atoms with Gasteiger partial charge in [-0.15, -0.1) is 22.7 Å². The highest BCUT2D eigenvalue weighted by Crippen LogP contribution is 2.34. The fraction of sp³-hybridized carbons (Fsp3) is 0.529. The van der Waals surface area contributed by atoms with Crippen LogP contribution in [0.3, 0.4) is 0 Å². The molecule has 3 heterocycles. The van der Waals surface area contributed by atoms with E-state index in [0.29, 0.717) is 34.8 Å². The number of rotatable bonds is 4. The highest BCUT2D eigenvalue weighted by atomic mass is 35.5. The van der Waals surface area contributed by atoms with Crippen LogP contribution in [0.15, 0.2) is 16.3 Å². The molecule has 0 spiro atoms. The van der Waals surface area contributed by atoms with E-state index >= 15 is 0 Å². The number of sulfonamides is 1. The van der Waals surface area contributed by atoms with Crippen molar-refractivity contribution >= 4 is 55.3 Å². The molecule has 1 N–H and O–H groups in total. The molecular formula is C17H20ClN3O3S3. The van der Waals surface area contributed by atoms with E-state index in [9.17, 15) is 13.2 Å². The van der Waals surface area contributed by atoms with E-state index in [2.05, 4.69) is 17.2 Å². The first-order chi connectivity index (χ1) is 12.8. The third-order valence-electron chi connectivity index (χ3n) is 5.03. The Bertz CT molecular complexity index is 969. The molecule has 0 bridgehead atoms. The molecule has 0 saturated carbocycles. The summed E-state index contributed by atoms with van der Waals surface area (Å²) in [5.41, 5.74) is 1.07. The standard InChI is InChI=1S/C17H20ClN3O3S3/c1-10-4-5-11-13(9-10)25-17(19-11)20-16(22)12-3-2-8-21(12)27(23,24)15-7-6-14(18)26-15/h6-7,10,12H,2-5,8-9H2,1H3,(H,19,20,22)/t10-,12+/m0/s1. The molecule has 6 nitrogen and oxygen atoms in total. The molecule has 27 heavy (non-hydrogen) atoms. The Morgan fingerprint density at radius 2 is 2.15 bits per heavy atom. The molecule has 2 aromatic heterocycles. The van der Waals surface area contributed by atoms with Crippen molar-refractivity contribution in [3.05, 3.63) is 27.0 Å². The molecular weight excluding hydrogens is 426 g/mol. The van der Waals surface area contributed by atoms with Crippen LogP contribution >= 0.6 is 34.3 Å². The van der Waals surface area contributed by atoms with Crippen LogP contribution in [0.2, 0.25) is 4.34 Å². The quantitative estimate of drug-likeness (QED) is 0.776. The predicted molar refractivity (Wildman–Crippen MR) is 108 cm³/mol. The summed E-state index contributed by atoms with van der Waals surface area (Å²) < 4.78 is 27.7. The van der Waals surface area contributed by atoms with Crippen LogP contribution in [0.4, 0.5) is 5.13 Å². The molecule has 146 valence electrons. The number of thiazole rings is 1. The number of aryl methyl sites for hydroxylation is 1. The largest absolute Gasteiger partial charge is 0.301 e. The zero-order valence-electron chi connectivity index (χ0n) is 14.8. The molecule has 2 aromatic rings. The van der Waals surface area contributed by atoms with E-state index in [4.69, 9.17) is 11.6 Å². The van der Waals surface area contributed by atoms with Crippen molar-refractivity contribution in [2.75, 3.05) is 11.9 Å².